The minimum Gasteiger partial charge on any atom is -0.497 e. The highest BCUT2D eigenvalue weighted by Crippen LogP contribution is 2.14. The van der Waals surface area contributed by atoms with Crippen LogP contribution < -0.4 is 15.0 Å². The third-order valence-electron chi connectivity index (χ3n) is 2.61. The van der Waals surface area contributed by atoms with Gasteiger partial charge in [-0.25, -0.2) is 8.42 Å². The molecule has 0 aliphatic carbocycles. The van der Waals surface area contributed by atoms with Gasteiger partial charge in [0.05, 0.1) is 12.0 Å². The SMILES string of the molecule is COc1ccc(S(=O)(=O)NNC(=O)c2ccncc2)cc1. The van der Waals surface area contributed by atoms with Crippen LogP contribution in [0.15, 0.2) is 53.7 Å². The van der Waals surface area contributed by atoms with E-state index in [9.17, 15) is 13.2 Å². The molecular formula is C13H13N3O4S. The van der Waals surface area contributed by atoms with Crippen molar-refractivity contribution in [2.75, 3.05) is 7.11 Å². The minimum absolute atomic E-state index is 0.0123. The molecule has 110 valence electrons. The Bertz CT molecular complexity index is 715. The average Bonchev–Trinajstić information content (AvgIpc) is 2.53. The predicted octanol–water partition coefficient (Wildman–Crippen LogP) is 0.713. The van der Waals surface area contributed by atoms with Crippen LogP contribution in [0, 0.1) is 0 Å². The molecule has 0 bridgehead atoms. The van der Waals surface area contributed by atoms with Gasteiger partial charge in [0.15, 0.2) is 0 Å². The molecular weight excluding hydrogens is 294 g/mol. The highest BCUT2D eigenvalue weighted by Gasteiger charge is 2.15. The quantitative estimate of drug-likeness (QED) is 0.793. The van der Waals surface area contributed by atoms with Gasteiger partial charge < -0.3 is 4.74 Å². The van der Waals surface area contributed by atoms with Crippen molar-refractivity contribution in [1.82, 2.24) is 15.2 Å². The number of hydrogen-bond donors (Lipinski definition) is 2. The average molecular weight is 307 g/mol. The second-order valence-corrected chi connectivity index (χ2v) is 5.65. The third kappa shape index (κ3) is 3.77. The molecule has 0 unspecified atom stereocenters. The fourth-order valence-corrected chi connectivity index (χ4v) is 2.34. The minimum atomic E-state index is -3.84. The van der Waals surface area contributed by atoms with Crippen molar-refractivity contribution < 1.29 is 17.9 Å². The van der Waals surface area contributed by atoms with Gasteiger partial charge in [0.25, 0.3) is 15.9 Å². The molecule has 2 N–H and O–H groups in total. The molecule has 0 aliphatic rings. The van der Waals surface area contributed by atoms with Crippen LogP contribution >= 0.6 is 0 Å². The molecule has 0 fully saturated rings. The van der Waals surface area contributed by atoms with Crippen LogP contribution in [-0.2, 0) is 10.0 Å². The maximum absolute atomic E-state index is 12.0. The maximum Gasteiger partial charge on any atom is 0.266 e. The number of sulfonamides is 1. The van der Waals surface area contributed by atoms with Crippen molar-refractivity contribution in [1.29, 1.82) is 0 Å². The first-order valence-electron chi connectivity index (χ1n) is 5.89. The molecule has 0 aliphatic heterocycles. The van der Waals surface area contributed by atoms with E-state index in [-0.39, 0.29) is 4.90 Å². The van der Waals surface area contributed by atoms with E-state index in [0.29, 0.717) is 11.3 Å². The van der Waals surface area contributed by atoms with Crippen LogP contribution in [0.1, 0.15) is 10.4 Å². The zero-order valence-corrected chi connectivity index (χ0v) is 11.9. The van der Waals surface area contributed by atoms with Gasteiger partial charge in [-0.15, -0.1) is 4.83 Å². The summed E-state index contributed by atoms with van der Waals surface area (Å²) in [7, 11) is -2.36. The second-order valence-electron chi connectivity index (χ2n) is 3.97. The van der Waals surface area contributed by atoms with E-state index in [1.54, 1.807) is 0 Å². The van der Waals surface area contributed by atoms with Crippen molar-refractivity contribution >= 4 is 15.9 Å². The van der Waals surface area contributed by atoms with Crippen LogP contribution in [0.5, 0.6) is 5.75 Å². The number of nitrogens with zero attached hydrogens (tertiary/aromatic N) is 1. The topological polar surface area (TPSA) is 97.4 Å². The van der Waals surface area contributed by atoms with Crippen LogP contribution in [0.25, 0.3) is 0 Å². The Morgan fingerprint density at radius 3 is 2.29 bits per heavy atom. The Balaban J connectivity index is 2.05. The Morgan fingerprint density at radius 1 is 1.10 bits per heavy atom. The number of methoxy groups -OCH3 is 1. The number of ether oxygens (including phenoxy) is 1. The number of benzene rings is 1. The summed E-state index contributed by atoms with van der Waals surface area (Å²) in [6, 6.07) is 8.71. The first-order valence-corrected chi connectivity index (χ1v) is 7.37. The molecule has 1 aromatic carbocycles. The van der Waals surface area contributed by atoms with Crippen LogP contribution in [0.4, 0.5) is 0 Å². The van der Waals surface area contributed by atoms with Gasteiger partial charge in [0, 0.05) is 18.0 Å². The Kier molecular flexibility index (Phi) is 4.51. The molecule has 7 nitrogen and oxygen atoms in total. The van der Waals surface area contributed by atoms with Crippen molar-refractivity contribution in [3.05, 3.63) is 54.4 Å². The Hall–Kier alpha value is -2.45. The van der Waals surface area contributed by atoms with Crippen LogP contribution in [0.2, 0.25) is 0 Å². The molecule has 8 heteroatoms. The molecule has 0 radical (unpaired) electrons. The lowest BCUT2D eigenvalue weighted by Crippen LogP contribution is -2.41. The molecule has 21 heavy (non-hydrogen) atoms. The van der Waals surface area contributed by atoms with E-state index < -0.39 is 15.9 Å². The number of hydrogen-bond acceptors (Lipinski definition) is 5. The number of carbonyl (C=O) groups excluding carboxylic acids is 1. The molecule has 0 atom stereocenters. The van der Waals surface area contributed by atoms with E-state index in [4.69, 9.17) is 4.74 Å². The summed E-state index contributed by atoms with van der Waals surface area (Å²) in [5, 5.41) is 0. The lowest BCUT2D eigenvalue weighted by Gasteiger charge is -2.08. The summed E-state index contributed by atoms with van der Waals surface area (Å²) >= 11 is 0. The number of rotatable bonds is 5. The standard InChI is InChI=1S/C13H13N3O4S/c1-20-11-2-4-12(5-3-11)21(18,19)16-15-13(17)10-6-8-14-9-7-10/h2-9,16H,1H3,(H,15,17). The number of hydrazine groups is 1. The third-order valence-corrected chi connectivity index (χ3v) is 3.87. The van der Waals surface area contributed by atoms with Crippen LogP contribution in [0.3, 0.4) is 0 Å². The van der Waals surface area contributed by atoms with Crippen molar-refractivity contribution in [3.63, 3.8) is 0 Å². The zero-order chi connectivity index (χ0) is 15.3. The van der Waals surface area contributed by atoms with E-state index in [1.807, 2.05) is 4.83 Å². The van der Waals surface area contributed by atoms with Gasteiger partial charge in [0.1, 0.15) is 5.75 Å². The summed E-state index contributed by atoms with van der Waals surface area (Å²) < 4.78 is 28.9. The normalized spacial score (nSPS) is 10.9. The number of carbonyl (C=O) groups is 1. The molecule has 0 saturated heterocycles. The molecule has 1 heterocycles. The molecule has 2 aromatic rings. The van der Waals surface area contributed by atoms with Crippen molar-refractivity contribution in [2.24, 2.45) is 0 Å². The Labute approximate surface area is 122 Å². The van der Waals surface area contributed by atoms with Crippen LogP contribution in [-0.4, -0.2) is 26.4 Å². The molecule has 0 saturated carbocycles. The highest BCUT2D eigenvalue weighted by molar-refractivity contribution is 7.89. The van der Waals surface area contributed by atoms with Gasteiger partial charge in [-0.1, -0.05) is 0 Å². The number of pyridine rings is 1. The molecule has 0 spiro atoms. The fourth-order valence-electron chi connectivity index (χ4n) is 1.50. The fraction of sp³-hybridized carbons (Fsp3) is 0.0769. The van der Waals surface area contributed by atoms with E-state index in [2.05, 4.69) is 10.4 Å². The molecule has 1 aromatic heterocycles. The van der Waals surface area contributed by atoms with Gasteiger partial charge in [-0.3, -0.25) is 15.2 Å². The van der Waals surface area contributed by atoms with E-state index in [0.717, 1.165) is 0 Å². The second kappa shape index (κ2) is 6.33. The lowest BCUT2D eigenvalue weighted by atomic mass is 10.3. The zero-order valence-electron chi connectivity index (χ0n) is 11.1. The highest BCUT2D eigenvalue weighted by atomic mass is 32.2. The lowest BCUT2D eigenvalue weighted by molar-refractivity contribution is 0.0945. The number of aromatic nitrogens is 1. The van der Waals surface area contributed by atoms with Gasteiger partial charge >= 0.3 is 0 Å². The Morgan fingerprint density at radius 2 is 1.71 bits per heavy atom. The number of nitrogens with one attached hydrogen (secondary N) is 2. The van der Waals surface area contributed by atoms with Crippen molar-refractivity contribution in [3.8, 4) is 5.75 Å². The first-order chi connectivity index (χ1) is 10.0. The summed E-state index contributed by atoms with van der Waals surface area (Å²) in [4.78, 5) is 17.5. The maximum atomic E-state index is 12.0. The smallest absolute Gasteiger partial charge is 0.266 e. The number of amides is 1. The largest absolute Gasteiger partial charge is 0.497 e. The van der Waals surface area contributed by atoms with Crippen molar-refractivity contribution in [2.45, 2.75) is 4.90 Å². The first kappa shape index (κ1) is 14.9. The monoisotopic (exact) mass is 307 g/mol. The van der Waals surface area contributed by atoms with Gasteiger partial charge in [-0.05, 0) is 36.4 Å². The summed E-state index contributed by atoms with van der Waals surface area (Å²) in [5.41, 5.74) is 2.42. The summed E-state index contributed by atoms with van der Waals surface area (Å²) in [5.74, 6) is -0.0377. The summed E-state index contributed by atoms with van der Waals surface area (Å²) in [6.07, 6.45) is 2.87. The summed E-state index contributed by atoms with van der Waals surface area (Å²) in [6.45, 7) is 0. The van der Waals surface area contributed by atoms with E-state index >= 15 is 0 Å². The van der Waals surface area contributed by atoms with Gasteiger partial charge in [-0.2, -0.15) is 0 Å². The molecule has 2 rings (SSSR count). The van der Waals surface area contributed by atoms with E-state index in [1.165, 1.54) is 55.9 Å². The molecule has 1 amide bonds. The van der Waals surface area contributed by atoms with Gasteiger partial charge in [0.2, 0.25) is 0 Å². The predicted molar refractivity (Wildman–Crippen MR) is 75.0 cm³/mol.